The fourth-order valence-electron chi connectivity index (χ4n) is 3.76. The summed E-state index contributed by atoms with van der Waals surface area (Å²) in [5.41, 5.74) is 0.0982. The van der Waals surface area contributed by atoms with Crippen LogP contribution < -0.4 is 10.6 Å². The molecule has 2 unspecified atom stereocenters. The van der Waals surface area contributed by atoms with E-state index in [1.165, 1.54) is 6.08 Å². The van der Waals surface area contributed by atoms with Crippen LogP contribution in [-0.2, 0) is 0 Å². The SMILES string of the molecule is CNC1CCC(NCC2C=C(c3ccccc3)C=CC2(F)C#N)CC1. The summed E-state index contributed by atoms with van der Waals surface area (Å²) >= 11 is 0. The van der Waals surface area contributed by atoms with Crippen molar-refractivity contribution in [3.63, 3.8) is 0 Å². The number of rotatable bonds is 5. The monoisotopic (exact) mass is 339 g/mol. The number of alkyl halides is 1. The van der Waals surface area contributed by atoms with Crippen molar-refractivity contribution in [2.24, 2.45) is 5.92 Å². The molecule has 0 spiro atoms. The van der Waals surface area contributed by atoms with E-state index < -0.39 is 11.6 Å². The average molecular weight is 339 g/mol. The van der Waals surface area contributed by atoms with E-state index >= 15 is 0 Å². The van der Waals surface area contributed by atoms with Crippen LogP contribution in [0.1, 0.15) is 31.2 Å². The lowest BCUT2D eigenvalue weighted by Gasteiger charge is -2.32. The van der Waals surface area contributed by atoms with E-state index in [2.05, 4.69) is 10.6 Å². The Balaban J connectivity index is 1.67. The molecule has 4 heteroatoms. The Labute approximate surface area is 149 Å². The van der Waals surface area contributed by atoms with Gasteiger partial charge in [-0.05, 0) is 49.9 Å². The molecule has 0 saturated heterocycles. The number of hydrogen-bond donors (Lipinski definition) is 2. The second-order valence-corrected chi connectivity index (χ2v) is 7.05. The third kappa shape index (κ3) is 4.18. The molecule has 2 atom stereocenters. The summed E-state index contributed by atoms with van der Waals surface area (Å²) < 4.78 is 15.0. The largest absolute Gasteiger partial charge is 0.317 e. The molecule has 1 aromatic carbocycles. The lowest BCUT2D eigenvalue weighted by Crippen LogP contribution is -2.44. The molecule has 0 heterocycles. The normalized spacial score (nSPS) is 32.0. The van der Waals surface area contributed by atoms with E-state index in [1.54, 1.807) is 6.08 Å². The summed E-state index contributed by atoms with van der Waals surface area (Å²) in [4.78, 5) is 0. The molecule has 3 nitrogen and oxygen atoms in total. The van der Waals surface area contributed by atoms with Gasteiger partial charge in [0.1, 0.15) is 6.07 Å². The minimum absolute atomic E-state index is 0.409. The Bertz CT molecular complexity index is 668. The third-order valence-electron chi connectivity index (χ3n) is 5.47. The Morgan fingerprint density at radius 1 is 1.16 bits per heavy atom. The van der Waals surface area contributed by atoms with Crippen LogP contribution in [-0.4, -0.2) is 31.3 Å². The van der Waals surface area contributed by atoms with Crippen molar-refractivity contribution in [3.05, 3.63) is 54.1 Å². The van der Waals surface area contributed by atoms with Gasteiger partial charge in [-0.1, -0.05) is 42.5 Å². The van der Waals surface area contributed by atoms with Gasteiger partial charge in [-0.2, -0.15) is 5.26 Å². The molecule has 1 saturated carbocycles. The first-order valence-electron chi connectivity index (χ1n) is 9.12. The van der Waals surface area contributed by atoms with Crippen LogP contribution in [0.5, 0.6) is 0 Å². The predicted octanol–water partition coefficient (Wildman–Crippen LogP) is 3.61. The Morgan fingerprint density at radius 3 is 2.48 bits per heavy atom. The lowest BCUT2D eigenvalue weighted by molar-refractivity contribution is 0.217. The van der Waals surface area contributed by atoms with Gasteiger partial charge in [-0.15, -0.1) is 0 Å². The molecule has 0 aliphatic heterocycles. The quantitative estimate of drug-likeness (QED) is 0.861. The van der Waals surface area contributed by atoms with Gasteiger partial charge in [0.25, 0.3) is 0 Å². The van der Waals surface area contributed by atoms with Crippen LogP contribution in [0.2, 0.25) is 0 Å². The fourth-order valence-corrected chi connectivity index (χ4v) is 3.76. The highest BCUT2D eigenvalue weighted by molar-refractivity contribution is 5.76. The van der Waals surface area contributed by atoms with Crippen LogP contribution in [0, 0.1) is 17.2 Å². The lowest BCUT2D eigenvalue weighted by atomic mass is 9.82. The van der Waals surface area contributed by atoms with E-state index in [1.807, 2.05) is 49.5 Å². The van der Waals surface area contributed by atoms with Gasteiger partial charge < -0.3 is 10.6 Å². The zero-order valence-corrected chi connectivity index (χ0v) is 14.7. The Morgan fingerprint density at radius 2 is 1.84 bits per heavy atom. The molecule has 0 aromatic heterocycles. The zero-order valence-electron chi connectivity index (χ0n) is 14.7. The molecule has 25 heavy (non-hydrogen) atoms. The predicted molar refractivity (Wildman–Crippen MR) is 99.6 cm³/mol. The van der Waals surface area contributed by atoms with Crippen LogP contribution in [0.15, 0.2) is 48.6 Å². The summed E-state index contributed by atoms with van der Waals surface area (Å²) in [6, 6.07) is 12.8. The Kier molecular flexibility index (Phi) is 5.67. The molecule has 132 valence electrons. The number of hydrogen-bond acceptors (Lipinski definition) is 3. The van der Waals surface area contributed by atoms with E-state index in [0.29, 0.717) is 18.6 Å². The van der Waals surface area contributed by atoms with E-state index in [0.717, 1.165) is 36.8 Å². The van der Waals surface area contributed by atoms with Crippen molar-refractivity contribution in [1.29, 1.82) is 5.26 Å². The molecular formula is C21H26FN3. The maximum atomic E-state index is 15.0. The highest BCUT2D eigenvalue weighted by Crippen LogP contribution is 2.34. The van der Waals surface area contributed by atoms with E-state index in [9.17, 15) is 9.65 Å². The summed E-state index contributed by atoms with van der Waals surface area (Å²) in [7, 11) is 2.01. The standard InChI is InChI=1S/C21H26FN3/c1-24-19-7-9-20(10-8-19)25-14-18-13-17(11-12-21(18,22)15-23)16-5-3-2-4-6-16/h2-6,11-13,18-20,24-25H,7-10,14H2,1H3. The highest BCUT2D eigenvalue weighted by atomic mass is 19.1. The van der Waals surface area contributed by atoms with Crippen molar-refractivity contribution in [2.75, 3.05) is 13.6 Å². The van der Waals surface area contributed by atoms with Gasteiger partial charge in [-0.3, -0.25) is 0 Å². The van der Waals surface area contributed by atoms with Crippen LogP contribution in [0.4, 0.5) is 4.39 Å². The molecule has 0 amide bonds. The first-order valence-corrected chi connectivity index (χ1v) is 9.12. The third-order valence-corrected chi connectivity index (χ3v) is 5.47. The minimum Gasteiger partial charge on any atom is -0.317 e. The summed E-state index contributed by atoms with van der Waals surface area (Å²) in [5, 5.41) is 16.2. The van der Waals surface area contributed by atoms with Crippen molar-refractivity contribution >= 4 is 5.57 Å². The fraction of sp³-hybridized carbons (Fsp3) is 0.476. The maximum absolute atomic E-state index is 15.0. The zero-order chi connectivity index (χ0) is 17.7. The molecule has 2 aliphatic carbocycles. The van der Waals surface area contributed by atoms with E-state index in [4.69, 9.17) is 0 Å². The molecular weight excluding hydrogens is 313 g/mol. The van der Waals surface area contributed by atoms with Gasteiger partial charge in [0.05, 0.1) is 0 Å². The number of nitrogens with one attached hydrogen (secondary N) is 2. The Hall–Kier alpha value is -1.96. The molecule has 2 N–H and O–H groups in total. The summed E-state index contributed by atoms with van der Waals surface area (Å²) in [6.45, 7) is 0.486. The molecule has 3 rings (SSSR count). The topological polar surface area (TPSA) is 47.8 Å². The smallest absolute Gasteiger partial charge is 0.222 e. The second-order valence-electron chi connectivity index (χ2n) is 7.05. The summed E-state index contributed by atoms with van der Waals surface area (Å²) in [6.07, 6.45) is 9.52. The molecule has 0 radical (unpaired) electrons. The van der Waals surface area contributed by atoms with Crippen molar-refractivity contribution in [2.45, 2.75) is 43.4 Å². The minimum atomic E-state index is -1.94. The van der Waals surface area contributed by atoms with Crippen molar-refractivity contribution < 1.29 is 4.39 Å². The first kappa shape index (κ1) is 17.8. The van der Waals surface area contributed by atoms with E-state index in [-0.39, 0.29) is 0 Å². The second kappa shape index (κ2) is 7.95. The molecule has 1 fully saturated rings. The molecule has 2 aliphatic rings. The number of nitriles is 1. The number of benzene rings is 1. The van der Waals surface area contributed by atoms with Crippen molar-refractivity contribution in [1.82, 2.24) is 10.6 Å². The van der Waals surface area contributed by atoms with Crippen LogP contribution in [0.3, 0.4) is 0 Å². The van der Waals surface area contributed by atoms with Gasteiger partial charge in [-0.25, -0.2) is 4.39 Å². The first-order chi connectivity index (χ1) is 12.1. The number of halogens is 1. The van der Waals surface area contributed by atoms with Gasteiger partial charge in [0.2, 0.25) is 5.67 Å². The molecule has 1 aromatic rings. The summed E-state index contributed by atoms with van der Waals surface area (Å²) in [5.74, 6) is -0.472. The maximum Gasteiger partial charge on any atom is 0.222 e. The van der Waals surface area contributed by atoms with Gasteiger partial charge in [0, 0.05) is 24.5 Å². The number of nitrogens with zero attached hydrogens (tertiary/aromatic N) is 1. The van der Waals surface area contributed by atoms with Gasteiger partial charge in [0.15, 0.2) is 0 Å². The molecule has 0 bridgehead atoms. The van der Waals surface area contributed by atoms with Crippen molar-refractivity contribution in [3.8, 4) is 6.07 Å². The average Bonchev–Trinajstić information content (AvgIpc) is 2.68. The van der Waals surface area contributed by atoms with Crippen LogP contribution >= 0.6 is 0 Å². The van der Waals surface area contributed by atoms with Crippen LogP contribution in [0.25, 0.3) is 5.57 Å². The highest BCUT2D eigenvalue weighted by Gasteiger charge is 2.38. The van der Waals surface area contributed by atoms with Gasteiger partial charge >= 0.3 is 0 Å². The number of allylic oxidation sites excluding steroid dienone is 3.